The van der Waals surface area contributed by atoms with E-state index in [0.717, 1.165) is 33.2 Å². The molecular weight excluding hydrogens is 456 g/mol. The van der Waals surface area contributed by atoms with E-state index in [1.165, 1.54) is 22.7 Å². The molecular formula is C24H20N4O3S2. The van der Waals surface area contributed by atoms with Crippen molar-refractivity contribution >= 4 is 38.7 Å². The molecule has 5 aromatic rings. The summed E-state index contributed by atoms with van der Waals surface area (Å²) in [6.45, 7) is 0. The maximum absolute atomic E-state index is 12.7. The van der Waals surface area contributed by atoms with Crippen LogP contribution in [0.4, 0.5) is 5.13 Å². The largest absolute Gasteiger partial charge is 0.493 e. The van der Waals surface area contributed by atoms with E-state index < -0.39 is 0 Å². The average Bonchev–Trinajstić information content (AvgIpc) is 3.57. The second-order valence-corrected chi connectivity index (χ2v) is 8.90. The molecule has 0 unspecified atom stereocenters. The second kappa shape index (κ2) is 9.05. The lowest BCUT2D eigenvalue weighted by Gasteiger charge is -2.08. The van der Waals surface area contributed by atoms with Gasteiger partial charge >= 0.3 is 0 Å². The molecule has 3 heterocycles. The van der Waals surface area contributed by atoms with Gasteiger partial charge in [0, 0.05) is 33.8 Å². The molecule has 33 heavy (non-hydrogen) atoms. The van der Waals surface area contributed by atoms with Crippen LogP contribution in [0.3, 0.4) is 0 Å². The number of benzene rings is 2. The van der Waals surface area contributed by atoms with Crippen LogP contribution in [0.2, 0.25) is 0 Å². The minimum atomic E-state index is -0.127. The summed E-state index contributed by atoms with van der Waals surface area (Å²) in [6.07, 6.45) is 2.21. The number of rotatable bonds is 7. The lowest BCUT2D eigenvalue weighted by molar-refractivity contribution is -0.115. The standard InChI is InChI=1S/C24H20N4O3S2/c1-30-20-9-8-16(10-21(20)31-2)19-14-32-23(25-19)27-22(29)11-17-13-33-24-26-18(12-28(17)24)15-6-4-3-5-7-15/h3-10,12-14H,11H2,1-2H3,(H,25,27,29). The van der Waals surface area contributed by atoms with E-state index in [4.69, 9.17) is 9.47 Å². The van der Waals surface area contributed by atoms with Gasteiger partial charge in [-0.05, 0) is 18.2 Å². The third-order valence-electron chi connectivity index (χ3n) is 5.12. The number of hydrogen-bond acceptors (Lipinski definition) is 7. The summed E-state index contributed by atoms with van der Waals surface area (Å²) in [6, 6.07) is 15.6. The van der Waals surface area contributed by atoms with Crippen LogP contribution in [0, 0.1) is 0 Å². The maximum atomic E-state index is 12.7. The number of methoxy groups -OCH3 is 2. The van der Waals surface area contributed by atoms with Crippen LogP contribution in [0.1, 0.15) is 5.69 Å². The predicted molar refractivity (Wildman–Crippen MR) is 131 cm³/mol. The third-order valence-corrected chi connectivity index (χ3v) is 6.77. The second-order valence-electron chi connectivity index (χ2n) is 7.20. The van der Waals surface area contributed by atoms with Crippen molar-refractivity contribution in [3.8, 4) is 34.0 Å². The number of amides is 1. The molecule has 0 bridgehead atoms. The molecule has 7 nitrogen and oxygen atoms in total. The van der Waals surface area contributed by atoms with E-state index in [9.17, 15) is 4.79 Å². The molecule has 0 saturated carbocycles. The zero-order valence-electron chi connectivity index (χ0n) is 17.9. The number of carbonyl (C=O) groups excluding carboxylic acids is 1. The SMILES string of the molecule is COc1ccc(-c2csc(NC(=O)Cc3csc4nc(-c5ccccc5)cn34)n2)cc1OC. The van der Waals surface area contributed by atoms with Crippen molar-refractivity contribution in [2.75, 3.05) is 19.5 Å². The Labute approximate surface area is 198 Å². The predicted octanol–water partition coefficient (Wildman–Crippen LogP) is 5.38. The number of nitrogens with zero attached hydrogens (tertiary/aromatic N) is 3. The lowest BCUT2D eigenvalue weighted by atomic mass is 10.1. The highest BCUT2D eigenvalue weighted by Crippen LogP contribution is 2.33. The van der Waals surface area contributed by atoms with Gasteiger partial charge < -0.3 is 14.8 Å². The van der Waals surface area contributed by atoms with Crippen molar-refractivity contribution in [2.24, 2.45) is 0 Å². The molecule has 1 N–H and O–H groups in total. The fourth-order valence-electron chi connectivity index (χ4n) is 3.49. The summed E-state index contributed by atoms with van der Waals surface area (Å²) < 4.78 is 12.6. The first-order chi connectivity index (χ1) is 16.1. The van der Waals surface area contributed by atoms with Crippen molar-refractivity contribution in [1.29, 1.82) is 0 Å². The normalized spacial score (nSPS) is 11.0. The van der Waals surface area contributed by atoms with Gasteiger partial charge in [0.2, 0.25) is 5.91 Å². The summed E-state index contributed by atoms with van der Waals surface area (Å²) >= 11 is 2.90. The van der Waals surface area contributed by atoms with Crippen LogP contribution >= 0.6 is 22.7 Å². The molecule has 1 amide bonds. The van der Waals surface area contributed by atoms with Crippen molar-refractivity contribution in [1.82, 2.24) is 14.4 Å². The number of anilines is 1. The molecule has 0 aliphatic rings. The monoisotopic (exact) mass is 476 g/mol. The quantitative estimate of drug-likeness (QED) is 0.341. The molecule has 0 spiro atoms. The molecule has 0 aliphatic carbocycles. The van der Waals surface area contributed by atoms with Crippen molar-refractivity contribution < 1.29 is 14.3 Å². The summed E-state index contributed by atoms with van der Waals surface area (Å²) in [5, 5.41) is 7.33. The van der Waals surface area contributed by atoms with Gasteiger partial charge in [0.25, 0.3) is 0 Å². The Bertz CT molecular complexity index is 1420. The van der Waals surface area contributed by atoms with Crippen LogP contribution < -0.4 is 14.8 Å². The number of imidazole rings is 1. The third kappa shape index (κ3) is 4.33. The van der Waals surface area contributed by atoms with E-state index in [2.05, 4.69) is 15.3 Å². The van der Waals surface area contributed by atoms with Crippen molar-refractivity contribution in [3.63, 3.8) is 0 Å². The number of fused-ring (bicyclic) bond motifs is 1. The summed E-state index contributed by atoms with van der Waals surface area (Å²) in [5.74, 6) is 1.16. The van der Waals surface area contributed by atoms with Crippen molar-refractivity contribution in [2.45, 2.75) is 6.42 Å². The highest BCUT2D eigenvalue weighted by atomic mass is 32.1. The summed E-state index contributed by atoms with van der Waals surface area (Å²) in [7, 11) is 3.19. The van der Waals surface area contributed by atoms with Crippen LogP contribution in [0.5, 0.6) is 11.5 Å². The minimum Gasteiger partial charge on any atom is -0.493 e. The van der Waals surface area contributed by atoms with Crippen LogP contribution in [-0.4, -0.2) is 34.5 Å². The number of carbonyl (C=O) groups is 1. The molecule has 2 aromatic carbocycles. The molecule has 5 rings (SSSR count). The molecule has 3 aromatic heterocycles. The van der Waals surface area contributed by atoms with Gasteiger partial charge in [0.1, 0.15) is 0 Å². The molecule has 0 fully saturated rings. The van der Waals surface area contributed by atoms with Crippen LogP contribution in [-0.2, 0) is 11.2 Å². The molecule has 166 valence electrons. The fraction of sp³-hybridized carbons (Fsp3) is 0.125. The van der Waals surface area contributed by atoms with E-state index in [1.807, 2.05) is 69.9 Å². The van der Waals surface area contributed by atoms with Gasteiger partial charge in [0.05, 0.1) is 32.0 Å². The number of thiazole rings is 2. The number of aromatic nitrogens is 3. The average molecular weight is 477 g/mol. The molecule has 0 radical (unpaired) electrons. The van der Waals surface area contributed by atoms with Crippen LogP contribution in [0.25, 0.3) is 27.5 Å². The van der Waals surface area contributed by atoms with Gasteiger partial charge in [-0.25, -0.2) is 9.97 Å². The lowest BCUT2D eigenvalue weighted by Crippen LogP contribution is -2.15. The molecule has 0 atom stereocenters. The highest BCUT2D eigenvalue weighted by molar-refractivity contribution is 7.15. The fourth-order valence-corrected chi connectivity index (χ4v) is 5.10. The highest BCUT2D eigenvalue weighted by Gasteiger charge is 2.15. The van der Waals surface area contributed by atoms with E-state index >= 15 is 0 Å². The zero-order valence-corrected chi connectivity index (χ0v) is 19.6. The molecule has 0 aliphatic heterocycles. The van der Waals surface area contributed by atoms with E-state index in [1.54, 1.807) is 14.2 Å². The Morgan fingerprint density at radius 1 is 0.939 bits per heavy atom. The first kappa shape index (κ1) is 21.2. The van der Waals surface area contributed by atoms with Gasteiger partial charge in [-0.15, -0.1) is 22.7 Å². The summed E-state index contributed by atoms with van der Waals surface area (Å²) in [4.78, 5) is 22.8. The zero-order chi connectivity index (χ0) is 22.8. The van der Waals surface area contributed by atoms with Crippen molar-refractivity contribution in [3.05, 3.63) is 71.2 Å². The first-order valence-corrected chi connectivity index (χ1v) is 11.9. The Morgan fingerprint density at radius 3 is 2.55 bits per heavy atom. The van der Waals surface area contributed by atoms with E-state index in [-0.39, 0.29) is 12.3 Å². The van der Waals surface area contributed by atoms with Gasteiger partial charge in [-0.1, -0.05) is 30.3 Å². The molecule has 9 heteroatoms. The molecule has 0 saturated heterocycles. The number of ether oxygens (including phenoxy) is 2. The Balaban J connectivity index is 1.30. The Morgan fingerprint density at radius 2 is 1.76 bits per heavy atom. The van der Waals surface area contributed by atoms with Gasteiger partial charge in [-0.3, -0.25) is 9.20 Å². The smallest absolute Gasteiger partial charge is 0.232 e. The number of hydrogen-bond donors (Lipinski definition) is 1. The van der Waals surface area contributed by atoms with Gasteiger partial charge in [0.15, 0.2) is 21.6 Å². The summed E-state index contributed by atoms with van der Waals surface area (Å²) in [5.41, 5.74) is 4.48. The number of nitrogens with one attached hydrogen (secondary N) is 1. The first-order valence-electron chi connectivity index (χ1n) is 10.1. The maximum Gasteiger partial charge on any atom is 0.232 e. The van der Waals surface area contributed by atoms with Crippen LogP contribution in [0.15, 0.2) is 65.5 Å². The van der Waals surface area contributed by atoms with E-state index in [0.29, 0.717) is 16.6 Å². The Kier molecular flexibility index (Phi) is 5.80. The van der Waals surface area contributed by atoms with Gasteiger partial charge in [-0.2, -0.15) is 0 Å². The minimum absolute atomic E-state index is 0.127. The topological polar surface area (TPSA) is 77.8 Å². The Hall–Kier alpha value is -3.69.